The number of hydrogen-bond donors (Lipinski definition) is 1. The topological polar surface area (TPSA) is 29.5 Å². The third-order valence-corrected chi connectivity index (χ3v) is 10.2. The maximum Gasteiger partial charge on any atom is 0.261 e. The molecule has 2 rings (SSSR count). The lowest BCUT2D eigenvalue weighted by atomic mass is 10.1. The minimum absolute atomic E-state index is 0.0264. The fraction of sp³-hybridized carbons (Fsp3) is 0.417. The van der Waals surface area contributed by atoms with Gasteiger partial charge in [-0.3, -0.25) is 0 Å². The Balaban J connectivity index is 2.58. The quantitative estimate of drug-likeness (QED) is 0.478. The van der Waals surface area contributed by atoms with E-state index in [4.69, 9.17) is 4.43 Å². The van der Waals surface area contributed by atoms with Crippen molar-refractivity contribution >= 4 is 18.7 Å². The van der Waals surface area contributed by atoms with Gasteiger partial charge in [0.2, 0.25) is 0 Å². The maximum absolute atomic E-state index is 9.37. The van der Waals surface area contributed by atoms with Crippen molar-refractivity contribution in [2.24, 2.45) is 0 Å². The van der Waals surface area contributed by atoms with Gasteiger partial charge in [-0.1, -0.05) is 87.5 Å². The molecule has 0 aliphatic heterocycles. The van der Waals surface area contributed by atoms with Gasteiger partial charge in [-0.25, -0.2) is 0 Å². The molecule has 0 aromatic heterocycles. The number of hydrogen-bond acceptors (Lipinski definition) is 2. The van der Waals surface area contributed by atoms with Crippen molar-refractivity contribution < 1.29 is 9.53 Å². The van der Waals surface area contributed by atoms with Gasteiger partial charge in [-0.2, -0.15) is 0 Å². The average Bonchev–Trinajstić information content (AvgIpc) is 2.68. The van der Waals surface area contributed by atoms with E-state index in [0.717, 1.165) is 25.7 Å². The van der Waals surface area contributed by atoms with Crippen LogP contribution in [0.5, 0.6) is 0 Å². The first-order valence-corrected chi connectivity index (χ1v) is 11.9. The fourth-order valence-corrected chi connectivity index (χ4v) is 8.58. The van der Waals surface area contributed by atoms with Gasteiger partial charge in [0, 0.05) is 12.7 Å². The Morgan fingerprint density at radius 3 is 1.89 bits per heavy atom. The minimum atomic E-state index is -2.53. The van der Waals surface area contributed by atoms with Gasteiger partial charge in [-0.15, -0.1) is 6.58 Å². The molecule has 3 heteroatoms. The molecule has 146 valence electrons. The van der Waals surface area contributed by atoms with Crippen molar-refractivity contribution in [2.45, 2.75) is 57.6 Å². The van der Waals surface area contributed by atoms with Crippen LogP contribution in [-0.4, -0.2) is 26.1 Å². The number of benzene rings is 2. The number of allylic oxidation sites excluding steroid dienone is 1. The lowest BCUT2D eigenvalue weighted by Gasteiger charge is -2.45. The molecule has 1 N–H and O–H groups in total. The Morgan fingerprint density at radius 2 is 1.48 bits per heavy atom. The second-order valence-electron chi connectivity index (χ2n) is 8.13. The highest BCUT2D eigenvalue weighted by molar-refractivity contribution is 6.99. The Hall–Kier alpha value is -1.68. The van der Waals surface area contributed by atoms with Crippen molar-refractivity contribution in [2.75, 3.05) is 6.61 Å². The third-order valence-electron chi connectivity index (χ3n) is 5.14. The van der Waals surface area contributed by atoms with Gasteiger partial charge < -0.3 is 9.53 Å². The molecule has 1 atom stereocenters. The van der Waals surface area contributed by atoms with Crippen LogP contribution in [-0.2, 0) is 4.43 Å². The maximum atomic E-state index is 9.37. The molecule has 0 aliphatic carbocycles. The highest BCUT2D eigenvalue weighted by Gasteiger charge is 2.51. The van der Waals surface area contributed by atoms with Crippen LogP contribution in [0.15, 0.2) is 73.3 Å². The summed E-state index contributed by atoms with van der Waals surface area (Å²) >= 11 is 0. The van der Waals surface area contributed by atoms with Crippen molar-refractivity contribution in [3.63, 3.8) is 0 Å². The molecule has 2 aromatic carbocycles. The molecule has 0 saturated carbocycles. The summed E-state index contributed by atoms with van der Waals surface area (Å²) in [6, 6.07) is 21.5. The Labute approximate surface area is 166 Å². The van der Waals surface area contributed by atoms with E-state index in [2.05, 4.69) is 88.0 Å². The molecule has 2 nitrogen and oxygen atoms in total. The monoisotopic (exact) mass is 382 g/mol. The van der Waals surface area contributed by atoms with Crippen LogP contribution in [0, 0.1) is 0 Å². The van der Waals surface area contributed by atoms with Gasteiger partial charge in [0.05, 0.1) is 0 Å². The molecule has 0 fully saturated rings. The summed E-state index contributed by atoms with van der Waals surface area (Å²) in [7, 11) is -2.53. The van der Waals surface area contributed by atoms with E-state index in [1.54, 1.807) is 0 Å². The zero-order valence-electron chi connectivity index (χ0n) is 17.0. The third kappa shape index (κ3) is 5.19. The lowest BCUT2D eigenvalue weighted by Crippen LogP contribution is -2.67. The zero-order valence-corrected chi connectivity index (χ0v) is 18.0. The van der Waals surface area contributed by atoms with Crippen molar-refractivity contribution in [1.29, 1.82) is 0 Å². The molecular formula is C24H34O2Si. The highest BCUT2D eigenvalue weighted by atomic mass is 28.4. The number of aliphatic hydroxyl groups excluding tert-OH is 1. The SMILES string of the molecule is C=CCC[C@H](CCCO)O[Si](c1ccccc1)(c1ccccc1)C(C)(C)C. The van der Waals surface area contributed by atoms with Crippen LogP contribution in [0.3, 0.4) is 0 Å². The van der Waals surface area contributed by atoms with Crippen molar-refractivity contribution in [3.05, 3.63) is 73.3 Å². The summed E-state index contributed by atoms with van der Waals surface area (Å²) in [5, 5.41) is 11.9. The summed E-state index contributed by atoms with van der Waals surface area (Å²) in [6.45, 7) is 11.0. The molecular weight excluding hydrogens is 348 g/mol. The minimum Gasteiger partial charge on any atom is -0.404 e. The van der Waals surface area contributed by atoms with Crippen LogP contribution in [0.4, 0.5) is 0 Å². The van der Waals surface area contributed by atoms with E-state index in [1.165, 1.54) is 10.4 Å². The second-order valence-corrected chi connectivity index (χ2v) is 12.4. The number of aliphatic hydroxyl groups is 1. The van der Waals surface area contributed by atoms with E-state index in [9.17, 15) is 5.11 Å². The molecule has 0 saturated heterocycles. The molecule has 0 amide bonds. The van der Waals surface area contributed by atoms with E-state index < -0.39 is 8.32 Å². The predicted octanol–water partition coefficient (Wildman–Crippen LogP) is 4.67. The summed E-state index contributed by atoms with van der Waals surface area (Å²) in [6.07, 6.45) is 5.57. The Bertz CT molecular complexity index is 637. The van der Waals surface area contributed by atoms with Gasteiger partial charge in [-0.05, 0) is 41.1 Å². The zero-order chi connectivity index (χ0) is 19.8. The molecule has 0 aliphatic rings. The van der Waals surface area contributed by atoms with Crippen LogP contribution in [0.25, 0.3) is 0 Å². The van der Waals surface area contributed by atoms with Gasteiger partial charge >= 0.3 is 0 Å². The summed E-state index contributed by atoms with van der Waals surface area (Å²) in [5.74, 6) is 0. The highest BCUT2D eigenvalue weighted by Crippen LogP contribution is 2.38. The van der Waals surface area contributed by atoms with E-state index in [0.29, 0.717) is 0 Å². The van der Waals surface area contributed by atoms with Crippen molar-refractivity contribution in [3.8, 4) is 0 Å². The first-order valence-electron chi connectivity index (χ1n) is 9.96. The average molecular weight is 383 g/mol. The fourth-order valence-electron chi connectivity index (χ4n) is 3.83. The molecule has 0 radical (unpaired) electrons. The Morgan fingerprint density at radius 1 is 0.963 bits per heavy atom. The molecule has 2 aromatic rings. The van der Waals surface area contributed by atoms with Gasteiger partial charge in [0.1, 0.15) is 0 Å². The second kappa shape index (κ2) is 10.0. The molecule has 0 bridgehead atoms. The standard InChI is InChI=1S/C24H34O2Si/c1-5-6-14-21(15-13-20-25)26-27(24(2,3)4,22-16-9-7-10-17-22)23-18-11-8-12-19-23/h5,7-12,16-19,21,25H,1,6,13-15,20H2,2-4H3/t21-/m1/s1. The molecule has 0 unspecified atom stereocenters. The smallest absolute Gasteiger partial charge is 0.261 e. The summed E-state index contributed by atoms with van der Waals surface area (Å²) in [5.41, 5.74) is 0. The van der Waals surface area contributed by atoms with Gasteiger partial charge in [0.15, 0.2) is 0 Å². The first kappa shape index (κ1) is 21.6. The van der Waals surface area contributed by atoms with E-state index >= 15 is 0 Å². The number of rotatable bonds is 10. The first-order chi connectivity index (χ1) is 13.0. The molecule has 0 heterocycles. The van der Waals surface area contributed by atoms with E-state index in [1.807, 2.05) is 6.08 Å². The predicted molar refractivity (Wildman–Crippen MR) is 118 cm³/mol. The van der Waals surface area contributed by atoms with Gasteiger partial charge in [0.25, 0.3) is 8.32 Å². The lowest BCUT2D eigenvalue weighted by molar-refractivity contribution is 0.154. The van der Waals surface area contributed by atoms with Crippen LogP contribution >= 0.6 is 0 Å². The normalized spacial score (nSPS) is 13.3. The van der Waals surface area contributed by atoms with Crippen LogP contribution < -0.4 is 10.4 Å². The molecule has 0 spiro atoms. The molecule has 27 heavy (non-hydrogen) atoms. The van der Waals surface area contributed by atoms with Crippen LogP contribution in [0.1, 0.15) is 46.5 Å². The summed E-state index contributed by atoms with van der Waals surface area (Å²) in [4.78, 5) is 0. The van der Waals surface area contributed by atoms with Crippen LogP contribution in [0.2, 0.25) is 5.04 Å². The van der Waals surface area contributed by atoms with E-state index in [-0.39, 0.29) is 17.7 Å². The van der Waals surface area contributed by atoms with Crippen molar-refractivity contribution in [1.82, 2.24) is 0 Å². The summed E-state index contributed by atoms with van der Waals surface area (Å²) < 4.78 is 7.16. The Kier molecular flexibility index (Phi) is 8.02. The largest absolute Gasteiger partial charge is 0.404 e.